The second-order valence-corrected chi connectivity index (χ2v) is 8.91. The van der Waals surface area contributed by atoms with Gasteiger partial charge in [-0.25, -0.2) is 13.8 Å². The van der Waals surface area contributed by atoms with Crippen LogP contribution in [0.3, 0.4) is 0 Å². The van der Waals surface area contributed by atoms with E-state index in [4.69, 9.17) is 52.7 Å². The van der Waals surface area contributed by atoms with Crippen LogP contribution in [0.25, 0.3) is 0 Å². The van der Waals surface area contributed by atoms with Crippen molar-refractivity contribution in [2.24, 2.45) is 0 Å². The molecule has 4 rings (SSSR count). The van der Waals surface area contributed by atoms with E-state index in [9.17, 15) is 19.6 Å². The van der Waals surface area contributed by atoms with E-state index in [1.807, 2.05) is 0 Å². The Kier molecular flexibility index (Phi) is 5.07. The predicted octanol–water partition coefficient (Wildman–Crippen LogP) is 2.19. The molecule has 3 heterocycles. The summed E-state index contributed by atoms with van der Waals surface area (Å²) in [4.78, 5) is 14.5. The van der Waals surface area contributed by atoms with Crippen molar-refractivity contribution in [3.8, 4) is 18.1 Å². The molecular formula is C18H15ClFN2O8PS. The molecule has 0 spiro atoms. The molecule has 1 aromatic heterocycles. The van der Waals surface area contributed by atoms with Crippen molar-refractivity contribution >= 4 is 31.6 Å². The molecule has 1 saturated heterocycles. The highest BCUT2D eigenvalue weighted by Crippen LogP contribution is 2.56. The lowest BCUT2D eigenvalue weighted by atomic mass is 10.1. The first-order chi connectivity index (χ1) is 16.2. The number of phosphoric acid groups is 1. The van der Waals surface area contributed by atoms with Gasteiger partial charge in [0.25, 0.3) is 5.85 Å². The van der Waals surface area contributed by atoms with Crippen LogP contribution in [0.5, 0.6) is 5.75 Å². The topological polar surface area (TPSA) is 132 Å². The van der Waals surface area contributed by atoms with E-state index in [-0.39, 0.29) is 20.5 Å². The van der Waals surface area contributed by atoms with Gasteiger partial charge in [0, 0.05) is 16.8 Å². The number of benzene rings is 1. The zero-order valence-electron chi connectivity index (χ0n) is 18.7. The Morgan fingerprint density at radius 1 is 1.59 bits per heavy atom. The molecule has 3 N–H and O–H groups in total. The maximum atomic E-state index is 15.9. The number of alkyl halides is 1. The van der Waals surface area contributed by atoms with Crippen molar-refractivity contribution in [1.29, 1.82) is 0 Å². The zero-order valence-corrected chi connectivity index (χ0v) is 18.1. The van der Waals surface area contributed by atoms with Gasteiger partial charge in [-0.3, -0.25) is 18.6 Å². The number of nitrogens with zero attached hydrogens (tertiary/aromatic N) is 1. The third kappa shape index (κ3) is 4.14. The summed E-state index contributed by atoms with van der Waals surface area (Å²) < 4.78 is 72.8. The smallest absolute Gasteiger partial charge is 0.404 e. The molecule has 10 nitrogen and oxygen atoms in total. The van der Waals surface area contributed by atoms with Crippen LogP contribution in [0.15, 0.2) is 29.2 Å². The van der Waals surface area contributed by atoms with Crippen LogP contribution in [-0.4, -0.2) is 44.4 Å². The third-order valence-electron chi connectivity index (χ3n) is 4.43. The summed E-state index contributed by atoms with van der Waals surface area (Å²) in [6.45, 7) is -4.28. The minimum absolute atomic E-state index is 0.0524. The van der Waals surface area contributed by atoms with Crippen molar-refractivity contribution in [3.63, 3.8) is 0 Å². The summed E-state index contributed by atoms with van der Waals surface area (Å²) in [5.41, 5.74) is -1.01. The Balaban J connectivity index is 1.69. The molecule has 2 aromatic rings. The minimum atomic E-state index is -4.87. The minimum Gasteiger partial charge on any atom is -0.404 e. The van der Waals surface area contributed by atoms with Crippen LogP contribution >= 0.6 is 31.6 Å². The van der Waals surface area contributed by atoms with Crippen LogP contribution in [0.2, 0.25) is 5.02 Å². The lowest BCUT2D eigenvalue weighted by Gasteiger charge is -2.28. The maximum Gasteiger partial charge on any atom is 0.530 e. The highest BCUT2D eigenvalue weighted by Gasteiger charge is 2.57. The number of hydrogen-bond acceptors (Lipinski definition) is 9. The molecule has 0 saturated carbocycles. The zero-order chi connectivity index (χ0) is 26.0. The fourth-order valence-corrected chi connectivity index (χ4v) is 4.32. The highest BCUT2D eigenvalue weighted by atomic mass is 35.5. The third-order valence-corrected chi connectivity index (χ3v) is 6.17. The number of hydrogen-bond donors (Lipinski definition) is 3. The van der Waals surface area contributed by atoms with Crippen LogP contribution in [0, 0.1) is 17.0 Å². The van der Waals surface area contributed by atoms with Crippen LogP contribution in [0.4, 0.5) is 4.39 Å². The lowest BCUT2D eigenvalue weighted by Crippen LogP contribution is -2.43. The number of ether oxygens (including phenoxy) is 1. The monoisotopic (exact) mass is 507 g/mol. The molecule has 1 aromatic carbocycles. The fourth-order valence-electron chi connectivity index (χ4n) is 2.83. The number of H-pyrrole nitrogens is 1. The highest BCUT2D eigenvalue weighted by molar-refractivity contribution is 7.71. The van der Waals surface area contributed by atoms with E-state index >= 15 is 4.39 Å². The molecule has 1 fully saturated rings. The van der Waals surface area contributed by atoms with Crippen molar-refractivity contribution in [3.05, 3.63) is 55.7 Å². The van der Waals surface area contributed by atoms with Gasteiger partial charge in [0.05, 0.1) is 16.3 Å². The Morgan fingerprint density at radius 3 is 3.06 bits per heavy atom. The SMILES string of the molecule is [2H]C([2H])(OP1(=O)OCc2cc(Cl)ccc2O1)[C@@]1(F)O[C@@]([2H])(n2cc(C#C)c(=S)[nH]c2=O)[C@H](O)[C@@H]1O. The number of aromatic nitrogens is 2. The van der Waals surface area contributed by atoms with Crippen LogP contribution < -0.4 is 10.2 Å². The number of aliphatic hydroxyl groups is 2. The van der Waals surface area contributed by atoms with E-state index < -0.39 is 50.9 Å². The molecule has 170 valence electrons. The number of terminal acetylenes is 1. The second-order valence-electron chi connectivity index (χ2n) is 6.55. The van der Waals surface area contributed by atoms with Gasteiger partial charge in [0.15, 0.2) is 6.20 Å². The molecule has 2 aliphatic heterocycles. The molecule has 0 radical (unpaired) electrons. The van der Waals surface area contributed by atoms with Crippen molar-refractivity contribution in [2.75, 3.05) is 6.56 Å². The number of rotatable bonds is 4. The van der Waals surface area contributed by atoms with E-state index in [1.165, 1.54) is 18.2 Å². The Bertz CT molecular complexity index is 1420. The largest absolute Gasteiger partial charge is 0.530 e. The molecule has 1 unspecified atom stereocenters. The number of phosphoric ester groups is 1. The molecule has 14 heteroatoms. The van der Waals surface area contributed by atoms with Crippen molar-refractivity contribution in [2.45, 2.75) is 30.9 Å². The number of aromatic amines is 1. The Hall–Kier alpha value is -2.07. The second kappa shape index (κ2) is 8.37. The summed E-state index contributed by atoms with van der Waals surface area (Å²) in [7, 11) is -4.87. The molecule has 0 bridgehead atoms. The standard InChI is InChI=1S/C18H15ClFN2O8PS/c1-2-9-6-22(17(25)21-15(9)32)16-13(23)14(24)18(20,29-16)8-28-31(26)27-7-10-5-11(19)3-4-12(10)30-31/h1,3-6,13-14,16,23-24H,7-8H2,(H,21,25,32)/t13-,14+,16-,18-,31?/m1/s1/i8D2,16D. The molecule has 0 aliphatic carbocycles. The van der Waals surface area contributed by atoms with Crippen LogP contribution in [0.1, 0.15) is 21.4 Å². The van der Waals surface area contributed by atoms with Crippen LogP contribution in [-0.2, 0) is 25.0 Å². The Morgan fingerprint density at radius 2 is 2.34 bits per heavy atom. The summed E-state index contributed by atoms with van der Waals surface area (Å²) in [5.74, 6) is -2.02. The maximum absolute atomic E-state index is 15.9. The van der Waals surface area contributed by atoms with E-state index in [0.717, 1.165) is 6.20 Å². The Labute approximate surface area is 194 Å². The average molecular weight is 508 g/mol. The van der Waals surface area contributed by atoms with Gasteiger partial charge in [-0.2, -0.15) is 0 Å². The predicted molar refractivity (Wildman–Crippen MR) is 110 cm³/mol. The number of halogens is 2. The molecule has 2 aliphatic rings. The molecule has 0 amide bonds. The summed E-state index contributed by atoms with van der Waals surface area (Å²) >= 11 is 10.7. The van der Waals surface area contributed by atoms with Gasteiger partial charge in [-0.15, -0.1) is 6.42 Å². The van der Waals surface area contributed by atoms with E-state index in [2.05, 4.69) is 10.9 Å². The van der Waals surface area contributed by atoms with Crippen molar-refractivity contribution < 1.29 is 41.6 Å². The van der Waals surface area contributed by atoms with Gasteiger partial charge < -0.3 is 19.5 Å². The normalized spacial score (nSPS) is 35.7. The molecule has 5 atom stereocenters. The van der Waals surface area contributed by atoms with Gasteiger partial charge in [-0.1, -0.05) is 29.7 Å². The lowest BCUT2D eigenvalue weighted by molar-refractivity contribution is -0.205. The quantitative estimate of drug-likeness (QED) is 0.323. The number of nitrogens with one attached hydrogen (secondary N) is 1. The summed E-state index contributed by atoms with van der Waals surface area (Å²) in [6.07, 6.45) is -2.52. The van der Waals surface area contributed by atoms with Gasteiger partial charge in [-0.05, 0) is 18.2 Å². The number of fused-ring (bicyclic) bond motifs is 1. The summed E-state index contributed by atoms with van der Waals surface area (Å²) in [6, 6.07) is 4.10. The first-order valence-electron chi connectivity index (χ1n) is 10.2. The number of aliphatic hydroxyl groups excluding tert-OH is 2. The van der Waals surface area contributed by atoms with Gasteiger partial charge >= 0.3 is 13.5 Å². The average Bonchev–Trinajstić information content (AvgIpc) is 2.95. The summed E-state index contributed by atoms with van der Waals surface area (Å²) in [5, 5.41) is 21.1. The van der Waals surface area contributed by atoms with Gasteiger partial charge in [0.1, 0.15) is 29.2 Å². The first-order valence-corrected chi connectivity index (χ1v) is 10.9. The van der Waals surface area contributed by atoms with Gasteiger partial charge in [0.2, 0.25) is 0 Å². The molecule has 32 heavy (non-hydrogen) atoms. The van der Waals surface area contributed by atoms with E-state index in [1.54, 1.807) is 0 Å². The van der Waals surface area contributed by atoms with Crippen molar-refractivity contribution in [1.82, 2.24) is 9.55 Å². The molecular weight excluding hydrogens is 490 g/mol. The fraction of sp³-hybridized carbons (Fsp3) is 0.333. The first kappa shape index (κ1) is 19.4. The van der Waals surface area contributed by atoms with E-state index in [0.29, 0.717) is 10.6 Å².